The fourth-order valence-electron chi connectivity index (χ4n) is 1.12. The van der Waals surface area contributed by atoms with Crippen LogP contribution in [0, 0.1) is 0 Å². The summed E-state index contributed by atoms with van der Waals surface area (Å²) in [5.74, 6) is -1.40. The highest BCUT2D eigenvalue weighted by molar-refractivity contribution is 9.13. The van der Waals surface area contributed by atoms with E-state index in [-0.39, 0.29) is 19.0 Å². The molecule has 0 amide bonds. The highest BCUT2D eigenvalue weighted by Gasteiger charge is 2.25. The van der Waals surface area contributed by atoms with Gasteiger partial charge in [-0.25, -0.2) is 4.18 Å². The van der Waals surface area contributed by atoms with Gasteiger partial charge in [0, 0.05) is 10.0 Å². The Labute approximate surface area is 144 Å². The molecule has 0 heterocycles. The number of phenols is 1. The van der Waals surface area contributed by atoms with E-state index in [1.54, 1.807) is 0 Å². The maximum atomic E-state index is 10.7. The lowest BCUT2D eigenvalue weighted by Gasteiger charge is -2.14. The van der Waals surface area contributed by atoms with Crippen molar-refractivity contribution in [2.24, 2.45) is 0 Å². The number of benzene rings is 1. The van der Waals surface area contributed by atoms with Crippen LogP contribution in [0.4, 0.5) is 0 Å². The van der Waals surface area contributed by atoms with Crippen LogP contribution in [0.25, 0.3) is 0 Å². The average Bonchev–Trinajstić information content (AvgIpc) is 2.29. The molecule has 21 heavy (non-hydrogen) atoms. The number of rotatable bonds is 5. The number of halogens is 3. The Hall–Kier alpha value is 0.0400. The molecule has 1 aromatic carbocycles. The van der Waals surface area contributed by atoms with Crippen LogP contribution in [0.2, 0.25) is 0 Å². The maximum Gasteiger partial charge on any atom is 0.446 e. The molecule has 0 unspecified atom stereocenters. The predicted molar refractivity (Wildman–Crippen MR) is 79.7 cm³/mol. The average molecular weight is 537 g/mol. The van der Waals surface area contributed by atoms with Gasteiger partial charge in [-0.2, -0.15) is 16.8 Å². The highest BCUT2D eigenvalue weighted by atomic mass is 79.9. The summed E-state index contributed by atoms with van der Waals surface area (Å²) in [5, 5.41) is 9.81. The number of hydrogen-bond donors (Lipinski definition) is 3. The van der Waals surface area contributed by atoms with Gasteiger partial charge in [-0.1, -0.05) is 0 Å². The molecule has 1 rings (SSSR count). The maximum absolute atomic E-state index is 10.7. The largest absolute Gasteiger partial charge is 0.503 e. The van der Waals surface area contributed by atoms with E-state index in [1.807, 2.05) is 0 Å². The summed E-state index contributed by atoms with van der Waals surface area (Å²) in [4.78, 5) is 0. The fourth-order valence-corrected chi connectivity index (χ4v) is 3.62. The monoisotopic (exact) mass is 534 g/mol. The summed E-state index contributed by atoms with van der Waals surface area (Å²) in [7, 11) is -9.63. The van der Waals surface area contributed by atoms with E-state index in [0.29, 0.717) is 0 Å². The standard InChI is InChI=1S/C7H5Br3O9S2/c8-3-2(1-18-20(12,13)14)4(9)6(11)7(5(3)10)19-21(15,16)17/h11H,1H2,(H,12,13,14)(H,15,16,17). The van der Waals surface area contributed by atoms with Crippen LogP contribution < -0.4 is 4.18 Å². The molecule has 0 saturated heterocycles. The lowest BCUT2D eigenvalue weighted by molar-refractivity contribution is 0.258. The Morgan fingerprint density at radius 3 is 1.86 bits per heavy atom. The molecule has 0 saturated carbocycles. The molecule has 0 aromatic heterocycles. The molecule has 0 aliphatic carbocycles. The van der Waals surface area contributed by atoms with Crippen LogP contribution >= 0.6 is 47.8 Å². The molecule has 0 spiro atoms. The third-order valence-electron chi connectivity index (χ3n) is 1.89. The SMILES string of the molecule is O=S(=O)(O)OCc1c(Br)c(O)c(OS(=O)(=O)O)c(Br)c1Br. The normalized spacial score (nSPS) is 12.4. The fraction of sp³-hybridized carbons (Fsp3) is 0.143. The zero-order valence-electron chi connectivity index (χ0n) is 9.45. The molecule has 0 atom stereocenters. The lowest BCUT2D eigenvalue weighted by atomic mass is 10.2. The van der Waals surface area contributed by atoms with E-state index in [9.17, 15) is 21.9 Å². The van der Waals surface area contributed by atoms with Crippen LogP contribution in [-0.4, -0.2) is 31.0 Å². The Balaban J connectivity index is 3.39. The van der Waals surface area contributed by atoms with Gasteiger partial charge >= 0.3 is 20.8 Å². The molecule has 0 aliphatic heterocycles. The van der Waals surface area contributed by atoms with Gasteiger partial charge in [0.1, 0.15) is 0 Å². The predicted octanol–water partition coefficient (Wildman–Crippen LogP) is 2.18. The molecule has 0 fully saturated rings. The number of hydrogen-bond acceptors (Lipinski definition) is 7. The summed E-state index contributed by atoms with van der Waals surface area (Å²) >= 11 is 8.76. The Morgan fingerprint density at radius 1 is 0.905 bits per heavy atom. The molecular formula is C7H5Br3O9S2. The minimum absolute atomic E-state index is 0.0136. The summed E-state index contributed by atoms with van der Waals surface area (Å²) in [6.07, 6.45) is 0. The van der Waals surface area contributed by atoms with Crippen molar-refractivity contribution in [2.45, 2.75) is 6.61 Å². The van der Waals surface area contributed by atoms with Crippen LogP contribution in [-0.2, 0) is 31.6 Å². The molecule has 9 nitrogen and oxygen atoms in total. The first-order chi connectivity index (χ1) is 9.33. The first-order valence-corrected chi connectivity index (χ1v) is 9.61. The first-order valence-electron chi connectivity index (χ1n) is 4.50. The summed E-state index contributed by atoms with van der Waals surface area (Å²) < 4.78 is 67.7. The van der Waals surface area contributed by atoms with Crippen molar-refractivity contribution in [3.05, 3.63) is 19.0 Å². The summed E-state index contributed by atoms with van der Waals surface area (Å²) in [6, 6.07) is 0. The van der Waals surface area contributed by atoms with Gasteiger partial charge in [-0.05, 0) is 47.8 Å². The Morgan fingerprint density at radius 2 is 1.43 bits per heavy atom. The van der Waals surface area contributed by atoms with Crippen molar-refractivity contribution < 1.29 is 39.4 Å². The van der Waals surface area contributed by atoms with Gasteiger partial charge in [0.2, 0.25) is 5.75 Å². The lowest BCUT2D eigenvalue weighted by Crippen LogP contribution is -2.09. The molecule has 3 N–H and O–H groups in total. The van der Waals surface area contributed by atoms with Crippen molar-refractivity contribution in [1.82, 2.24) is 0 Å². The van der Waals surface area contributed by atoms with E-state index in [2.05, 4.69) is 56.2 Å². The highest BCUT2D eigenvalue weighted by Crippen LogP contribution is 2.48. The second kappa shape index (κ2) is 6.66. The topological polar surface area (TPSA) is 147 Å². The number of phenolic OH excluding ortho intramolecular Hbond substituents is 1. The van der Waals surface area contributed by atoms with Crippen LogP contribution in [0.5, 0.6) is 11.5 Å². The summed E-state index contributed by atoms with van der Waals surface area (Å²) in [6.45, 7) is -0.682. The molecule has 1 aromatic rings. The van der Waals surface area contributed by atoms with Crippen LogP contribution in [0.3, 0.4) is 0 Å². The van der Waals surface area contributed by atoms with E-state index in [0.717, 1.165) is 0 Å². The van der Waals surface area contributed by atoms with Crippen LogP contribution in [0.1, 0.15) is 5.56 Å². The van der Waals surface area contributed by atoms with Crippen molar-refractivity contribution in [2.75, 3.05) is 0 Å². The van der Waals surface area contributed by atoms with Gasteiger partial charge in [0.25, 0.3) is 0 Å². The van der Waals surface area contributed by atoms with Gasteiger partial charge in [0.05, 0.1) is 15.6 Å². The quantitative estimate of drug-likeness (QED) is 0.380. The van der Waals surface area contributed by atoms with E-state index >= 15 is 0 Å². The first kappa shape index (κ1) is 19.1. The smallest absolute Gasteiger partial charge is 0.446 e. The zero-order valence-corrected chi connectivity index (χ0v) is 15.8. The second-order valence-electron chi connectivity index (χ2n) is 3.30. The molecule has 14 heteroatoms. The molecule has 0 radical (unpaired) electrons. The van der Waals surface area contributed by atoms with Crippen molar-refractivity contribution >= 4 is 68.6 Å². The van der Waals surface area contributed by atoms with Crippen LogP contribution in [0.15, 0.2) is 13.4 Å². The molecular weight excluding hydrogens is 532 g/mol. The third-order valence-corrected chi connectivity index (χ3v) is 5.70. The van der Waals surface area contributed by atoms with Gasteiger partial charge in [0.15, 0.2) is 5.75 Å². The molecule has 120 valence electrons. The second-order valence-corrected chi connectivity index (χ2v) is 7.79. The van der Waals surface area contributed by atoms with Gasteiger partial charge in [-0.15, -0.1) is 0 Å². The summed E-state index contributed by atoms with van der Waals surface area (Å²) in [5.41, 5.74) is 0.0136. The van der Waals surface area contributed by atoms with E-state index < -0.39 is 38.9 Å². The third kappa shape index (κ3) is 5.31. The molecule has 0 bridgehead atoms. The Kier molecular flexibility index (Phi) is 6.05. The van der Waals surface area contributed by atoms with Gasteiger partial charge in [-0.3, -0.25) is 9.11 Å². The van der Waals surface area contributed by atoms with Crippen molar-refractivity contribution in [3.63, 3.8) is 0 Å². The van der Waals surface area contributed by atoms with Crippen molar-refractivity contribution in [1.29, 1.82) is 0 Å². The number of aromatic hydroxyl groups is 1. The van der Waals surface area contributed by atoms with Gasteiger partial charge < -0.3 is 9.29 Å². The Bertz CT molecular complexity index is 742. The molecule has 0 aliphatic rings. The van der Waals surface area contributed by atoms with Crippen molar-refractivity contribution in [3.8, 4) is 11.5 Å². The van der Waals surface area contributed by atoms with E-state index in [1.165, 1.54) is 0 Å². The minimum atomic E-state index is -4.90. The minimum Gasteiger partial charge on any atom is -0.503 e. The van der Waals surface area contributed by atoms with E-state index in [4.69, 9.17) is 9.11 Å². The zero-order chi connectivity index (χ0) is 16.6.